The van der Waals surface area contributed by atoms with Crippen LogP contribution in [0.2, 0.25) is 0 Å². The minimum atomic E-state index is -0.640. The van der Waals surface area contributed by atoms with Crippen LogP contribution in [0.15, 0.2) is 22.8 Å². The number of hydrogen-bond acceptors (Lipinski definition) is 4. The highest BCUT2D eigenvalue weighted by atomic mass is 79.9. The van der Waals surface area contributed by atoms with Gasteiger partial charge in [-0.2, -0.15) is 0 Å². The third-order valence-corrected chi connectivity index (χ3v) is 2.28. The zero-order valence-corrected chi connectivity index (χ0v) is 10.0. The van der Waals surface area contributed by atoms with Crippen molar-refractivity contribution in [2.45, 2.75) is 19.4 Å². The van der Waals surface area contributed by atoms with Crippen LogP contribution < -0.4 is 5.73 Å². The number of nitrogens with two attached hydrogens (primary N) is 1. The Hall–Kier alpha value is -0.940. The van der Waals surface area contributed by atoms with Crippen molar-refractivity contribution in [2.75, 3.05) is 6.61 Å². The average Bonchev–Trinajstić information content (AvgIpc) is 2.22. The van der Waals surface area contributed by atoms with Crippen LogP contribution in [-0.2, 0) is 16.0 Å². The monoisotopic (exact) mass is 272 g/mol. The quantitative estimate of drug-likeness (QED) is 0.839. The molecule has 0 fully saturated rings. The summed E-state index contributed by atoms with van der Waals surface area (Å²) < 4.78 is 5.70. The molecule has 1 aromatic heterocycles. The Morgan fingerprint density at radius 3 is 2.93 bits per heavy atom. The zero-order chi connectivity index (χ0) is 11.3. The van der Waals surface area contributed by atoms with E-state index in [2.05, 4.69) is 20.9 Å². The van der Waals surface area contributed by atoms with Gasteiger partial charge in [0.05, 0.1) is 6.61 Å². The molecule has 0 radical (unpaired) electrons. The van der Waals surface area contributed by atoms with Gasteiger partial charge in [0.25, 0.3) is 0 Å². The van der Waals surface area contributed by atoms with Gasteiger partial charge >= 0.3 is 5.97 Å². The summed E-state index contributed by atoms with van der Waals surface area (Å²) in [6, 6.07) is 3.04. The van der Waals surface area contributed by atoms with Crippen molar-refractivity contribution in [1.82, 2.24) is 4.98 Å². The van der Waals surface area contributed by atoms with Gasteiger partial charge in [0, 0.05) is 22.8 Å². The number of halogens is 1. The van der Waals surface area contributed by atoms with Crippen molar-refractivity contribution < 1.29 is 9.53 Å². The van der Waals surface area contributed by atoms with Crippen LogP contribution in [0.5, 0.6) is 0 Å². The molecule has 0 amide bonds. The summed E-state index contributed by atoms with van der Waals surface area (Å²) in [7, 11) is 0. The molecule has 0 aliphatic carbocycles. The second-order valence-corrected chi connectivity index (χ2v) is 3.95. The third kappa shape index (κ3) is 3.97. The van der Waals surface area contributed by atoms with Gasteiger partial charge in [-0.1, -0.05) is 0 Å². The summed E-state index contributed by atoms with van der Waals surface area (Å²) in [5, 5.41) is 0. The summed E-state index contributed by atoms with van der Waals surface area (Å²) in [6.45, 7) is 2.10. The minimum Gasteiger partial charge on any atom is -0.465 e. The largest absolute Gasteiger partial charge is 0.465 e. The average molecular weight is 273 g/mol. The van der Waals surface area contributed by atoms with Gasteiger partial charge in [0.1, 0.15) is 6.04 Å². The van der Waals surface area contributed by atoms with Crippen LogP contribution in [0.1, 0.15) is 12.6 Å². The van der Waals surface area contributed by atoms with Gasteiger partial charge in [-0.25, -0.2) is 0 Å². The predicted octanol–water partition coefficient (Wildman–Crippen LogP) is 1.28. The van der Waals surface area contributed by atoms with E-state index in [9.17, 15) is 4.79 Å². The summed E-state index contributed by atoms with van der Waals surface area (Å²) >= 11 is 3.28. The van der Waals surface area contributed by atoms with Gasteiger partial charge in [-0.3, -0.25) is 9.78 Å². The molecule has 0 bridgehead atoms. The maximum atomic E-state index is 11.2. The molecule has 1 aromatic rings. The first kappa shape index (κ1) is 12.1. The summed E-state index contributed by atoms with van der Waals surface area (Å²) in [5.41, 5.74) is 6.42. The van der Waals surface area contributed by atoms with E-state index >= 15 is 0 Å². The summed E-state index contributed by atoms with van der Waals surface area (Å²) in [5.74, 6) is -0.387. The number of carbonyl (C=O) groups is 1. The number of aromatic nitrogens is 1. The van der Waals surface area contributed by atoms with Crippen molar-refractivity contribution in [3.05, 3.63) is 28.5 Å². The van der Waals surface area contributed by atoms with Gasteiger partial charge in [0.15, 0.2) is 0 Å². The fourth-order valence-corrected chi connectivity index (χ4v) is 1.32. The minimum absolute atomic E-state index is 0.348. The number of nitrogens with zero attached hydrogens (tertiary/aromatic N) is 1. The lowest BCUT2D eigenvalue weighted by Crippen LogP contribution is -2.34. The van der Waals surface area contributed by atoms with Crippen LogP contribution in [0, 0.1) is 0 Å². The number of carbonyl (C=O) groups excluding carboxylic acids is 1. The van der Waals surface area contributed by atoms with E-state index in [0.717, 1.165) is 10.2 Å². The van der Waals surface area contributed by atoms with Crippen LogP contribution >= 0.6 is 15.9 Å². The van der Waals surface area contributed by atoms with Gasteiger partial charge in [0.2, 0.25) is 0 Å². The fraction of sp³-hybridized carbons (Fsp3) is 0.400. The molecule has 5 heteroatoms. The van der Waals surface area contributed by atoms with E-state index in [4.69, 9.17) is 10.5 Å². The molecule has 0 spiro atoms. The Kier molecular flexibility index (Phi) is 4.71. The topological polar surface area (TPSA) is 65.2 Å². The normalized spacial score (nSPS) is 12.2. The Morgan fingerprint density at radius 2 is 2.40 bits per heavy atom. The Labute approximate surface area is 97.0 Å². The maximum absolute atomic E-state index is 11.2. The van der Waals surface area contributed by atoms with Crippen molar-refractivity contribution >= 4 is 21.9 Å². The van der Waals surface area contributed by atoms with Crippen LogP contribution in [-0.4, -0.2) is 23.6 Å². The molecule has 15 heavy (non-hydrogen) atoms. The van der Waals surface area contributed by atoms with E-state index in [0.29, 0.717) is 13.0 Å². The van der Waals surface area contributed by atoms with Gasteiger partial charge in [-0.05, 0) is 35.0 Å². The molecule has 1 heterocycles. The zero-order valence-electron chi connectivity index (χ0n) is 8.44. The summed E-state index contributed by atoms with van der Waals surface area (Å²) in [4.78, 5) is 15.4. The van der Waals surface area contributed by atoms with Crippen LogP contribution in [0.25, 0.3) is 0 Å². The number of esters is 1. The molecule has 0 saturated heterocycles. The SMILES string of the molecule is CCOC(=O)[C@@H](N)Cc1ccc(Br)cn1. The highest BCUT2D eigenvalue weighted by Gasteiger charge is 2.15. The molecule has 4 nitrogen and oxygen atoms in total. The predicted molar refractivity (Wildman–Crippen MR) is 60.2 cm³/mol. The molecule has 2 N–H and O–H groups in total. The first-order chi connectivity index (χ1) is 7.13. The second-order valence-electron chi connectivity index (χ2n) is 3.03. The first-order valence-corrected chi connectivity index (χ1v) is 5.45. The Balaban J connectivity index is 2.54. The number of ether oxygens (including phenoxy) is 1. The highest BCUT2D eigenvalue weighted by molar-refractivity contribution is 9.10. The molecule has 0 saturated carbocycles. The van der Waals surface area contributed by atoms with E-state index < -0.39 is 6.04 Å². The van der Waals surface area contributed by atoms with Crippen molar-refractivity contribution in [3.8, 4) is 0 Å². The van der Waals surface area contributed by atoms with Crippen LogP contribution in [0.3, 0.4) is 0 Å². The molecule has 1 rings (SSSR count). The van der Waals surface area contributed by atoms with E-state index in [1.54, 1.807) is 13.1 Å². The second kappa shape index (κ2) is 5.82. The smallest absolute Gasteiger partial charge is 0.323 e. The maximum Gasteiger partial charge on any atom is 0.323 e. The molecule has 0 aromatic carbocycles. The summed E-state index contributed by atoms with van der Waals surface area (Å²) in [6.07, 6.45) is 2.07. The van der Waals surface area contributed by atoms with Crippen molar-refractivity contribution in [3.63, 3.8) is 0 Å². The fourth-order valence-electron chi connectivity index (χ4n) is 1.09. The molecular weight excluding hydrogens is 260 g/mol. The van der Waals surface area contributed by atoms with Crippen molar-refractivity contribution in [1.29, 1.82) is 0 Å². The molecule has 82 valence electrons. The Morgan fingerprint density at radius 1 is 1.67 bits per heavy atom. The molecule has 0 aliphatic heterocycles. The number of hydrogen-bond donors (Lipinski definition) is 1. The Bertz CT molecular complexity index is 327. The van der Waals surface area contributed by atoms with Gasteiger partial charge in [-0.15, -0.1) is 0 Å². The highest BCUT2D eigenvalue weighted by Crippen LogP contribution is 2.08. The lowest BCUT2D eigenvalue weighted by molar-refractivity contribution is -0.144. The molecule has 1 atom stereocenters. The number of rotatable bonds is 4. The lowest BCUT2D eigenvalue weighted by Gasteiger charge is -2.09. The number of pyridine rings is 1. The van der Waals surface area contributed by atoms with E-state index in [-0.39, 0.29) is 5.97 Å². The first-order valence-electron chi connectivity index (χ1n) is 4.66. The lowest BCUT2D eigenvalue weighted by atomic mass is 10.1. The molecular formula is C10H13BrN2O2. The van der Waals surface area contributed by atoms with E-state index in [1.165, 1.54) is 0 Å². The standard InChI is InChI=1S/C10H13BrN2O2/c1-2-15-10(14)9(12)5-8-4-3-7(11)6-13-8/h3-4,6,9H,2,5,12H2,1H3/t9-/m0/s1. The van der Waals surface area contributed by atoms with Gasteiger partial charge < -0.3 is 10.5 Å². The molecule has 0 unspecified atom stereocenters. The van der Waals surface area contributed by atoms with E-state index in [1.807, 2.05) is 12.1 Å². The van der Waals surface area contributed by atoms with Crippen LogP contribution in [0.4, 0.5) is 0 Å². The molecule has 0 aliphatic rings. The third-order valence-electron chi connectivity index (χ3n) is 1.81. The van der Waals surface area contributed by atoms with Crippen molar-refractivity contribution in [2.24, 2.45) is 5.73 Å².